The molecule has 0 atom stereocenters. The molecule has 0 aliphatic carbocycles. The Bertz CT molecular complexity index is 3170. The van der Waals surface area contributed by atoms with Gasteiger partial charge in [-0.25, -0.2) is 4.98 Å². The molecule has 6 heteroatoms. The summed E-state index contributed by atoms with van der Waals surface area (Å²) in [6, 6.07) is 69.1. The summed E-state index contributed by atoms with van der Waals surface area (Å²) in [5.74, 6) is 1.72. The van der Waals surface area contributed by atoms with E-state index in [4.69, 9.17) is 19.4 Å². The van der Waals surface area contributed by atoms with E-state index in [0.29, 0.717) is 17.6 Å². The van der Waals surface area contributed by atoms with E-state index in [2.05, 4.69) is 161 Å². The maximum atomic E-state index is 6.68. The van der Waals surface area contributed by atoms with Gasteiger partial charge in [-0.2, -0.15) is 9.97 Å². The van der Waals surface area contributed by atoms with Gasteiger partial charge in [-0.3, -0.25) is 4.57 Å². The lowest BCUT2D eigenvalue weighted by molar-refractivity contribution is 0.669. The van der Waals surface area contributed by atoms with Gasteiger partial charge in [0, 0.05) is 38.7 Å². The molecule has 3 aromatic heterocycles. The van der Waals surface area contributed by atoms with Crippen molar-refractivity contribution < 1.29 is 4.42 Å². The lowest BCUT2D eigenvalue weighted by Gasteiger charge is -2.26. The third-order valence-corrected chi connectivity index (χ3v) is 10.7. The van der Waals surface area contributed by atoms with Crippen molar-refractivity contribution in [2.75, 3.05) is 4.90 Å². The molecule has 0 N–H and O–H groups in total. The zero-order chi connectivity index (χ0) is 37.7. The average molecular weight is 732 g/mol. The number of anilines is 3. The Morgan fingerprint density at radius 1 is 0.386 bits per heavy atom. The number of furan rings is 1. The summed E-state index contributed by atoms with van der Waals surface area (Å²) < 4.78 is 8.82. The van der Waals surface area contributed by atoms with Crippen LogP contribution in [0.3, 0.4) is 0 Å². The van der Waals surface area contributed by atoms with Gasteiger partial charge in [0.05, 0.1) is 22.1 Å². The monoisotopic (exact) mass is 731 g/mol. The number of rotatable bonds is 7. The van der Waals surface area contributed by atoms with Crippen molar-refractivity contribution in [3.8, 4) is 39.9 Å². The Balaban J connectivity index is 1.07. The topological polar surface area (TPSA) is 60.0 Å². The summed E-state index contributed by atoms with van der Waals surface area (Å²) in [4.78, 5) is 17.6. The molecule has 8 aromatic carbocycles. The van der Waals surface area contributed by atoms with Crippen LogP contribution in [0.2, 0.25) is 0 Å². The molecule has 0 saturated carbocycles. The highest BCUT2D eigenvalue weighted by Crippen LogP contribution is 2.44. The molecular weight excluding hydrogens is 699 g/mol. The van der Waals surface area contributed by atoms with Crippen LogP contribution in [0.5, 0.6) is 0 Å². The number of aromatic nitrogens is 4. The molecule has 0 amide bonds. The predicted octanol–water partition coefficient (Wildman–Crippen LogP) is 13.3. The third-order valence-electron chi connectivity index (χ3n) is 10.7. The van der Waals surface area contributed by atoms with Gasteiger partial charge < -0.3 is 9.32 Å². The summed E-state index contributed by atoms with van der Waals surface area (Å²) in [6.45, 7) is 0. The fraction of sp³-hybridized carbons (Fsp3) is 0. The molecule has 268 valence electrons. The van der Waals surface area contributed by atoms with E-state index in [1.165, 1.54) is 11.1 Å². The molecule has 0 fully saturated rings. The molecule has 0 saturated heterocycles. The van der Waals surface area contributed by atoms with Gasteiger partial charge in [-0.05, 0) is 71.8 Å². The van der Waals surface area contributed by atoms with Crippen LogP contribution in [0, 0.1) is 0 Å². The van der Waals surface area contributed by atoms with Crippen molar-refractivity contribution in [2.24, 2.45) is 0 Å². The maximum Gasteiger partial charge on any atom is 0.238 e. The number of hydrogen-bond donors (Lipinski definition) is 0. The van der Waals surface area contributed by atoms with Crippen LogP contribution >= 0.6 is 0 Å². The van der Waals surface area contributed by atoms with Crippen molar-refractivity contribution in [2.45, 2.75) is 0 Å². The van der Waals surface area contributed by atoms with Crippen molar-refractivity contribution >= 4 is 60.8 Å². The van der Waals surface area contributed by atoms with E-state index in [9.17, 15) is 0 Å². The first-order valence-electron chi connectivity index (χ1n) is 19.0. The first-order valence-corrected chi connectivity index (χ1v) is 19.0. The lowest BCUT2D eigenvalue weighted by atomic mass is 10.0. The van der Waals surface area contributed by atoms with Crippen molar-refractivity contribution in [3.63, 3.8) is 0 Å². The van der Waals surface area contributed by atoms with Gasteiger partial charge >= 0.3 is 0 Å². The second-order valence-corrected chi connectivity index (χ2v) is 14.1. The smallest absolute Gasteiger partial charge is 0.238 e. The van der Waals surface area contributed by atoms with Gasteiger partial charge in [0.1, 0.15) is 11.2 Å². The summed E-state index contributed by atoms with van der Waals surface area (Å²) in [6.07, 6.45) is 0. The Hall–Kier alpha value is -7.83. The Morgan fingerprint density at radius 2 is 0.930 bits per heavy atom. The zero-order valence-corrected chi connectivity index (χ0v) is 30.7. The second kappa shape index (κ2) is 13.5. The van der Waals surface area contributed by atoms with E-state index < -0.39 is 0 Å². The lowest BCUT2D eigenvalue weighted by Crippen LogP contribution is -2.10. The van der Waals surface area contributed by atoms with Crippen LogP contribution in [0.25, 0.3) is 83.6 Å². The van der Waals surface area contributed by atoms with E-state index >= 15 is 0 Å². The van der Waals surface area contributed by atoms with E-state index in [0.717, 1.165) is 71.9 Å². The molecule has 0 aliphatic rings. The molecule has 57 heavy (non-hydrogen) atoms. The first-order chi connectivity index (χ1) is 28.3. The van der Waals surface area contributed by atoms with Gasteiger partial charge in [0.2, 0.25) is 5.95 Å². The number of fused-ring (bicyclic) bond motifs is 6. The standard InChI is InChI=1S/C51H33N5O/c1-4-15-34(16-5-1)35-27-30-39(31-28-35)55(38-19-8-3-9-20-38)45-25-14-26-46-48(45)42-32-29-37(33-47(42)57-46)50-52-49(36-17-6-2-7-18-36)53-51(54-50)56-43-23-12-10-21-40(43)41-22-11-13-24-44(41)56/h1-33H. The highest BCUT2D eigenvalue weighted by Gasteiger charge is 2.21. The maximum absolute atomic E-state index is 6.68. The normalized spacial score (nSPS) is 11.5. The van der Waals surface area contributed by atoms with Crippen LogP contribution in [0.15, 0.2) is 205 Å². The molecular formula is C51H33N5O. The van der Waals surface area contributed by atoms with Crippen LogP contribution < -0.4 is 4.90 Å². The highest BCUT2D eigenvalue weighted by atomic mass is 16.3. The zero-order valence-electron chi connectivity index (χ0n) is 30.7. The summed E-state index contributed by atoms with van der Waals surface area (Å²) in [5.41, 5.74) is 10.9. The molecule has 0 bridgehead atoms. The van der Waals surface area contributed by atoms with Gasteiger partial charge in [0.25, 0.3) is 0 Å². The Morgan fingerprint density at radius 3 is 1.61 bits per heavy atom. The molecule has 0 aliphatic heterocycles. The van der Waals surface area contributed by atoms with Crippen molar-refractivity contribution in [1.82, 2.24) is 19.5 Å². The van der Waals surface area contributed by atoms with Crippen LogP contribution in [0.1, 0.15) is 0 Å². The van der Waals surface area contributed by atoms with E-state index in [-0.39, 0.29) is 0 Å². The first kappa shape index (κ1) is 32.6. The van der Waals surface area contributed by atoms with Crippen molar-refractivity contribution in [1.29, 1.82) is 0 Å². The quantitative estimate of drug-likeness (QED) is 0.163. The van der Waals surface area contributed by atoms with Gasteiger partial charge in [0.15, 0.2) is 11.6 Å². The summed E-state index contributed by atoms with van der Waals surface area (Å²) in [7, 11) is 0. The van der Waals surface area contributed by atoms with Crippen LogP contribution in [0.4, 0.5) is 17.1 Å². The third kappa shape index (κ3) is 5.62. The average Bonchev–Trinajstić information content (AvgIpc) is 3.84. The minimum absolute atomic E-state index is 0.556. The number of para-hydroxylation sites is 3. The van der Waals surface area contributed by atoms with Crippen LogP contribution in [-0.2, 0) is 0 Å². The van der Waals surface area contributed by atoms with Crippen LogP contribution in [-0.4, -0.2) is 19.5 Å². The Labute approximate surface area is 328 Å². The fourth-order valence-corrected chi connectivity index (χ4v) is 8.02. The Kier molecular flexibility index (Phi) is 7.71. The van der Waals surface area contributed by atoms with E-state index in [1.807, 2.05) is 48.5 Å². The van der Waals surface area contributed by atoms with E-state index in [1.54, 1.807) is 0 Å². The second-order valence-electron chi connectivity index (χ2n) is 14.1. The number of benzene rings is 8. The molecule has 11 aromatic rings. The fourth-order valence-electron chi connectivity index (χ4n) is 8.02. The SMILES string of the molecule is c1ccc(-c2ccc(N(c3ccccc3)c3cccc4oc5cc(-c6nc(-c7ccccc7)nc(-n7c8ccccc8c8ccccc87)n6)ccc5c34)cc2)cc1. The largest absolute Gasteiger partial charge is 0.456 e. The molecule has 11 rings (SSSR count). The molecule has 0 radical (unpaired) electrons. The van der Waals surface area contributed by atoms with Gasteiger partial charge in [-0.15, -0.1) is 0 Å². The molecule has 6 nitrogen and oxygen atoms in total. The van der Waals surface area contributed by atoms with Crippen molar-refractivity contribution in [3.05, 3.63) is 200 Å². The summed E-state index contributed by atoms with van der Waals surface area (Å²) in [5, 5.41) is 4.33. The molecule has 0 unspecified atom stereocenters. The minimum Gasteiger partial charge on any atom is -0.456 e. The predicted molar refractivity (Wildman–Crippen MR) is 232 cm³/mol. The minimum atomic E-state index is 0.556. The van der Waals surface area contributed by atoms with Gasteiger partial charge in [-0.1, -0.05) is 140 Å². The highest BCUT2D eigenvalue weighted by molar-refractivity contribution is 6.14. The number of hydrogen-bond acceptors (Lipinski definition) is 5. The number of nitrogens with zero attached hydrogens (tertiary/aromatic N) is 5. The molecule has 3 heterocycles. The molecule has 0 spiro atoms. The summed E-state index contributed by atoms with van der Waals surface area (Å²) >= 11 is 0.